The van der Waals surface area contributed by atoms with Gasteiger partial charge in [-0.05, 0) is 39.3 Å². The number of aliphatic carboxylic acids is 1. The number of carbonyl (C=O) groups is 2. The van der Waals surface area contributed by atoms with Gasteiger partial charge in [-0.15, -0.1) is 0 Å². The summed E-state index contributed by atoms with van der Waals surface area (Å²) in [6.45, 7) is 6.29. The Kier molecular flexibility index (Phi) is 5.15. The Labute approximate surface area is 113 Å². The minimum absolute atomic E-state index is 0.0454. The molecule has 0 fully saturated rings. The minimum Gasteiger partial charge on any atom is -0.481 e. The molecule has 1 heterocycles. The Balaban J connectivity index is 2.79. The predicted molar refractivity (Wildman–Crippen MR) is 73.2 cm³/mol. The molecular formula is C14H22N2O3. The summed E-state index contributed by atoms with van der Waals surface area (Å²) in [7, 11) is 1.86. The van der Waals surface area contributed by atoms with Crippen molar-refractivity contribution in [2.75, 3.05) is 6.54 Å². The van der Waals surface area contributed by atoms with Crippen molar-refractivity contribution in [2.45, 2.75) is 39.7 Å². The maximum atomic E-state index is 12.5. The molecular weight excluding hydrogens is 244 g/mol. The van der Waals surface area contributed by atoms with Gasteiger partial charge < -0.3 is 14.6 Å². The zero-order valence-electron chi connectivity index (χ0n) is 12.0. The average molecular weight is 266 g/mol. The van der Waals surface area contributed by atoms with Gasteiger partial charge in [0.1, 0.15) is 5.69 Å². The van der Waals surface area contributed by atoms with Gasteiger partial charge in [0.15, 0.2) is 0 Å². The fourth-order valence-corrected chi connectivity index (χ4v) is 1.97. The Morgan fingerprint density at radius 3 is 2.42 bits per heavy atom. The zero-order chi connectivity index (χ0) is 14.6. The van der Waals surface area contributed by atoms with Crippen LogP contribution in [0, 0.1) is 6.92 Å². The van der Waals surface area contributed by atoms with E-state index in [0.717, 1.165) is 5.69 Å². The number of rotatable bonds is 6. The Morgan fingerprint density at radius 1 is 1.37 bits per heavy atom. The number of carboxylic acids is 1. The van der Waals surface area contributed by atoms with Gasteiger partial charge in [-0.2, -0.15) is 0 Å². The summed E-state index contributed by atoms with van der Waals surface area (Å²) in [6, 6.07) is 3.77. The summed E-state index contributed by atoms with van der Waals surface area (Å²) < 4.78 is 1.86. The van der Waals surface area contributed by atoms with E-state index in [4.69, 9.17) is 5.11 Å². The lowest BCUT2D eigenvalue weighted by atomic mass is 10.2. The van der Waals surface area contributed by atoms with E-state index in [2.05, 4.69) is 0 Å². The highest BCUT2D eigenvalue weighted by molar-refractivity contribution is 5.93. The lowest BCUT2D eigenvalue weighted by molar-refractivity contribution is -0.137. The third-order valence-electron chi connectivity index (χ3n) is 3.27. The number of amides is 1. The second-order valence-corrected chi connectivity index (χ2v) is 5.01. The highest BCUT2D eigenvalue weighted by Gasteiger charge is 2.21. The van der Waals surface area contributed by atoms with E-state index >= 15 is 0 Å². The van der Waals surface area contributed by atoms with Gasteiger partial charge in [-0.25, -0.2) is 0 Å². The fourth-order valence-electron chi connectivity index (χ4n) is 1.97. The van der Waals surface area contributed by atoms with E-state index in [1.165, 1.54) is 0 Å². The topological polar surface area (TPSA) is 62.5 Å². The van der Waals surface area contributed by atoms with Gasteiger partial charge in [0.2, 0.25) is 0 Å². The fraction of sp³-hybridized carbons (Fsp3) is 0.571. The van der Waals surface area contributed by atoms with E-state index in [0.29, 0.717) is 18.7 Å². The molecule has 1 aromatic heterocycles. The van der Waals surface area contributed by atoms with Crippen LogP contribution in [0.2, 0.25) is 0 Å². The maximum absolute atomic E-state index is 12.5. The van der Waals surface area contributed by atoms with E-state index < -0.39 is 5.97 Å². The second kappa shape index (κ2) is 6.41. The molecule has 0 atom stereocenters. The smallest absolute Gasteiger partial charge is 0.303 e. The van der Waals surface area contributed by atoms with Crippen molar-refractivity contribution in [3.8, 4) is 0 Å². The largest absolute Gasteiger partial charge is 0.481 e. The SMILES string of the molecule is Cc1ccc(C(=O)N(CCCC(=O)O)C(C)C)n1C. The van der Waals surface area contributed by atoms with Gasteiger partial charge in [0.25, 0.3) is 5.91 Å². The van der Waals surface area contributed by atoms with Crippen LogP contribution in [0.4, 0.5) is 0 Å². The van der Waals surface area contributed by atoms with Gasteiger partial charge in [0.05, 0.1) is 0 Å². The highest BCUT2D eigenvalue weighted by atomic mass is 16.4. The van der Waals surface area contributed by atoms with Crippen LogP contribution in [0.15, 0.2) is 12.1 Å². The molecule has 0 aliphatic carbocycles. The van der Waals surface area contributed by atoms with Crippen molar-refractivity contribution >= 4 is 11.9 Å². The second-order valence-electron chi connectivity index (χ2n) is 5.01. The van der Waals surface area contributed by atoms with Crippen molar-refractivity contribution in [1.29, 1.82) is 0 Å². The van der Waals surface area contributed by atoms with E-state index in [9.17, 15) is 9.59 Å². The Bertz CT molecular complexity index is 463. The van der Waals surface area contributed by atoms with Gasteiger partial charge in [0, 0.05) is 31.7 Å². The van der Waals surface area contributed by atoms with Crippen LogP contribution in [0.3, 0.4) is 0 Å². The normalized spacial score (nSPS) is 10.8. The van der Waals surface area contributed by atoms with Crippen molar-refractivity contribution in [2.24, 2.45) is 7.05 Å². The number of nitrogens with zero attached hydrogens (tertiary/aromatic N) is 2. The first-order valence-corrected chi connectivity index (χ1v) is 6.49. The third-order valence-corrected chi connectivity index (χ3v) is 3.27. The lowest BCUT2D eigenvalue weighted by Gasteiger charge is -2.27. The van der Waals surface area contributed by atoms with E-state index in [-0.39, 0.29) is 18.4 Å². The van der Waals surface area contributed by atoms with Crippen molar-refractivity contribution < 1.29 is 14.7 Å². The summed E-state index contributed by atoms with van der Waals surface area (Å²) in [5.74, 6) is -0.873. The molecule has 0 bridgehead atoms. The highest BCUT2D eigenvalue weighted by Crippen LogP contribution is 2.12. The quantitative estimate of drug-likeness (QED) is 0.857. The Morgan fingerprint density at radius 2 is 2.00 bits per heavy atom. The molecule has 1 aromatic rings. The molecule has 0 saturated carbocycles. The molecule has 1 rings (SSSR count). The zero-order valence-corrected chi connectivity index (χ0v) is 12.0. The molecule has 0 aliphatic rings. The van der Waals surface area contributed by atoms with Gasteiger partial charge in [-0.1, -0.05) is 0 Å². The molecule has 0 radical (unpaired) electrons. The monoisotopic (exact) mass is 266 g/mol. The van der Waals surface area contributed by atoms with Gasteiger partial charge >= 0.3 is 5.97 Å². The molecule has 1 amide bonds. The first-order valence-electron chi connectivity index (χ1n) is 6.49. The van der Waals surface area contributed by atoms with Crippen LogP contribution >= 0.6 is 0 Å². The van der Waals surface area contributed by atoms with Crippen molar-refractivity contribution in [3.63, 3.8) is 0 Å². The molecule has 19 heavy (non-hydrogen) atoms. The molecule has 0 spiro atoms. The summed E-state index contributed by atoms with van der Waals surface area (Å²) in [5.41, 5.74) is 1.67. The predicted octanol–water partition coefficient (Wildman–Crippen LogP) is 2.05. The van der Waals surface area contributed by atoms with Crippen LogP contribution in [0.25, 0.3) is 0 Å². The van der Waals surface area contributed by atoms with Crippen LogP contribution in [0.5, 0.6) is 0 Å². The first kappa shape index (κ1) is 15.3. The number of hydrogen-bond donors (Lipinski definition) is 1. The number of aromatic nitrogens is 1. The Hall–Kier alpha value is -1.78. The molecule has 0 saturated heterocycles. The molecule has 0 aromatic carbocycles. The maximum Gasteiger partial charge on any atom is 0.303 e. The van der Waals surface area contributed by atoms with Crippen molar-refractivity contribution in [3.05, 3.63) is 23.5 Å². The number of carbonyl (C=O) groups excluding carboxylic acids is 1. The molecule has 1 N–H and O–H groups in total. The molecule has 0 aliphatic heterocycles. The molecule has 5 nitrogen and oxygen atoms in total. The van der Waals surface area contributed by atoms with Crippen LogP contribution in [-0.2, 0) is 11.8 Å². The van der Waals surface area contributed by atoms with Gasteiger partial charge in [-0.3, -0.25) is 9.59 Å². The van der Waals surface area contributed by atoms with Crippen LogP contribution in [0.1, 0.15) is 42.9 Å². The number of hydrogen-bond acceptors (Lipinski definition) is 2. The lowest BCUT2D eigenvalue weighted by Crippen LogP contribution is -2.38. The van der Waals surface area contributed by atoms with E-state index in [1.807, 2.05) is 44.5 Å². The minimum atomic E-state index is -0.828. The van der Waals surface area contributed by atoms with Crippen LogP contribution in [-0.4, -0.2) is 39.0 Å². The average Bonchev–Trinajstić information content (AvgIpc) is 2.64. The summed E-state index contributed by atoms with van der Waals surface area (Å²) in [4.78, 5) is 24.7. The number of carboxylic acid groups (broad SMARTS) is 1. The summed E-state index contributed by atoms with van der Waals surface area (Å²) in [5, 5.41) is 8.66. The first-order chi connectivity index (χ1) is 8.84. The summed E-state index contributed by atoms with van der Waals surface area (Å²) in [6.07, 6.45) is 0.561. The molecule has 106 valence electrons. The number of aryl methyl sites for hydroxylation is 1. The molecule has 5 heteroatoms. The standard InChI is InChI=1S/C14H22N2O3/c1-10(2)16(9-5-6-13(17)18)14(19)12-8-7-11(3)15(12)4/h7-8,10H,5-6,9H2,1-4H3,(H,17,18). The molecule has 0 unspecified atom stereocenters. The van der Waals surface area contributed by atoms with E-state index in [1.54, 1.807) is 4.90 Å². The van der Waals surface area contributed by atoms with Crippen LogP contribution < -0.4 is 0 Å². The third kappa shape index (κ3) is 3.84. The summed E-state index contributed by atoms with van der Waals surface area (Å²) >= 11 is 0. The van der Waals surface area contributed by atoms with Crippen molar-refractivity contribution in [1.82, 2.24) is 9.47 Å².